The molecule has 2 aromatic heterocycles. The minimum atomic E-state index is 1.21. The van der Waals surface area contributed by atoms with Crippen LogP contribution in [-0.2, 0) is 0 Å². The normalized spacial score (nSPS) is 12.4. The van der Waals surface area contributed by atoms with Gasteiger partial charge in [0.2, 0.25) is 0 Å². The maximum atomic E-state index is 4.05. The molecule has 0 radical (unpaired) electrons. The summed E-state index contributed by atoms with van der Waals surface area (Å²) in [5.74, 6) is 0. The van der Waals surface area contributed by atoms with Gasteiger partial charge in [0.1, 0.15) is 0 Å². The van der Waals surface area contributed by atoms with E-state index in [4.69, 9.17) is 0 Å². The lowest BCUT2D eigenvalue weighted by molar-refractivity contribution is 1.27. The van der Waals surface area contributed by atoms with Crippen LogP contribution in [0.4, 0.5) is 0 Å². The first-order valence-corrected chi connectivity index (χ1v) is 8.30. The van der Waals surface area contributed by atoms with Crippen LogP contribution >= 0.6 is 0 Å². The lowest BCUT2D eigenvalue weighted by Gasteiger charge is -2.03. The molecule has 0 aliphatic rings. The molecule has 1 nitrogen and oxygen atoms in total. The summed E-state index contributed by atoms with van der Waals surface area (Å²) in [4.78, 5) is 0. The predicted octanol–water partition coefficient (Wildman–Crippen LogP) is 6.51. The lowest BCUT2D eigenvalue weighted by atomic mass is 10.0. The Kier molecular flexibility index (Phi) is 2.63. The third-order valence-corrected chi connectivity index (χ3v) is 5.01. The highest BCUT2D eigenvalue weighted by molar-refractivity contribution is 6.25. The lowest BCUT2D eigenvalue weighted by Crippen LogP contribution is -1.86. The van der Waals surface area contributed by atoms with E-state index in [1.165, 1.54) is 49.2 Å². The third kappa shape index (κ3) is 1.49. The highest BCUT2D eigenvalue weighted by Gasteiger charge is 2.19. The number of allylic oxidation sites excluding steroid dienone is 1. The zero-order valence-electron chi connectivity index (χ0n) is 13.6. The summed E-state index contributed by atoms with van der Waals surface area (Å²) < 4.78 is 2.39. The van der Waals surface area contributed by atoms with Gasteiger partial charge in [-0.15, -0.1) is 0 Å². The second-order valence-corrected chi connectivity index (χ2v) is 6.22. The molecule has 0 aliphatic heterocycles. The molecule has 0 spiro atoms. The molecular formula is C23H17N. The van der Waals surface area contributed by atoms with Crippen molar-refractivity contribution >= 4 is 50.1 Å². The Bertz CT molecular complexity index is 1270. The van der Waals surface area contributed by atoms with Gasteiger partial charge in [0.05, 0.1) is 16.7 Å². The molecule has 0 bridgehead atoms. The number of hydrogen-bond acceptors (Lipinski definition) is 0. The fourth-order valence-corrected chi connectivity index (χ4v) is 4.10. The summed E-state index contributed by atoms with van der Waals surface area (Å²) in [5.41, 5.74) is 4.99. The molecule has 5 aromatic rings. The number of benzene rings is 3. The number of hydrogen-bond donors (Lipinski definition) is 0. The molecule has 0 atom stereocenters. The highest BCUT2D eigenvalue weighted by Crippen LogP contribution is 2.41. The van der Waals surface area contributed by atoms with Crippen LogP contribution in [0.5, 0.6) is 0 Å². The van der Waals surface area contributed by atoms with Gasteiger partial charge in [-0.25, -0.2) is 0 Å². The number of rotatable bonds is 2. The number of para-hydroxylation sites is 1. The molecule has 0 saturated carbocycles. The van der Waals surface area contributed by atoms with Crippen molar-refractivity contribution in [1.29, 1.82) is 0 Å². The molecular weight excluding hydrogens is 290 g/mol. The first-order chi connectivity index (χ1) is 11.8. The predicted molar refractivity (Wildman–Crippen MR) is 106 cm³/mol. The number of fused-ring (bicyclic) bond motifs is 5. The summed E-state index contributed by atoms with van der Waals surface area (Å²) in [6, 6.07) is 19.7. The topological polar surface area (TPSA) is 4.41 Å². The Balaban J connectivity index is 2.18. The van der Waals surface area contributed by atoms with Gasteiger partial charge in [-0.1, -0.05) is 67.3 Å². The Morgan fingerprint density at radius 2 is 1.67 bits per heavy atom. The van der Waals surface area contributed by atoms with E-state index in [2.05, 4.69) is 84.7 Å². The standard InChI is InChI=1S/C23H17N/c1-3-8-20-16(4-2)18-11-7-12-19-22-17-10-6-5-9-15(17)13-14-21(22)24(20)23(18)19/h3-14H,2H2,1H3/b8-3-. The van der Waals surface area contributed by atoms with E-state index in [-0.39, 0.29) is 0 Å². The Morgan fingerprint density at radius 3 is 2.50 bits per heavy atom. The van der Waals surface area contributed by atoms with Crippen LogP contribution in [0.1, 0.15) is 18.2 Å². The van der Waals surface area contributed by atoms with Crippen molar-refractivity contribution in [2.75, 3.05) is 0 Å². The van der Waals surface area contributed by atoms with Gasteiger partial charge >= 0.3 is 0 Å². The minimum Gasteiger partial charge on any atom is -0.308 e. The summed E-state index contributed by atoms with van der Waals surface area (Å²) in [7, 11) is 0. The third-order valence-electron chi connectivity index (χ3n) is 5.01. The van der Waals surface area contributed by atoms with Gasteiger partial charge in [-0.2, -0.15) is 0 Å². The molecule has 0 saturated heterocycles. The van der Waals surface area contributed by atoms with E-state index >= 15 is 0 Å². The zero-order chi connectivity index (χ0) is 16.3. The van der Waals surface area contributed by atoms with Crippen molar-refractivity contribution in [3.05, 3.63) is 78.5 Å². The second kappa shape index (κ2) is 4.72. The maximum absolute atomic E-state index is 4.05. The van der Waals surface area contributed by atoms with Crippen molar-refractivity contribution in [2.45, 2.75) is 6.92 Å². The molecule has 3 aromatic carbocycles. The Morgan fingerprint density at radius 1 is 0.875 bits per heavy atom. The van der Waals surface area contributed by atoms with Gasteiger partial charge in [0, 0.05) is 21.7 Å². The van der Waals surface area contributed by atoms with Crippen LogP contribution in [0.25, 0.3) is 50.1 Å². The van der Waals surface area contributed by atoms with Gasteiger partial charge in [-0.3, -0.25) is 0 Å². The number of aromatic nitrogens is 1. The average Bonchev–Trinajstić information content (AvgIpc) is 3.13. The number of nitrogens with zero attached hydrogens (tertiary/aromatic N) is 1. The quantitative estimate of drug-likeness (QED) is 0.350. The first-order valence-electron chi connectivity index (χ1n) is 8.30. The average molecular weight is 307 g/mol. The second-order valence-electron chi connectivity index (χ2n) is 6.22. The molecule has 0 aliphatic carbocycles. The van der Waals surface area contributed by atoms with Crippen LogP contribution in [0.3, 0.4) is 0 Å². The zero-order valence-corrected chi connectivity index (χ0v) is 13.6. The van der Waals surface area contributed by atoms with Gasteiger partial charge in [0.25, 0.3) is 0 Å². The molecule has 0 amide bonds. The minimum absolute atomic E-state index is 1.21. The van der Waals surface area contributed by atoms with Gasteiger partial charge < -0.3 is 4.40 Å². The fraction of sp³-hybridized carbons (Fsp3) is 0.0435. The fourth-order valence-electron chi connectivity index (χ4n) is 4.10. The summed E-state index contributed by atoms with van der Waals surface area (Å²) in [6.07, 6.45) is 6.26. The van der Waals surface area contributed by atoms with Crippen molar-refractivity contribution in [1.82, 2.24) is 4.40 Å². The molecule has 0 N–H and O–H groups in total. The molecule has 1 heteroatoms. The van der Waals surface area contributed by atoms with Crippen LogP contribution < -0.4 is 0 Å². The van der Waals surface area contributed by atoms with E-state index < -0.39 is 0 Å². The van der Waals surface area contributed by atoms with E-state index in [1.54, 1.807) is 0 Å². The van der Waals surface area contributed by atoms with Crippen LogP contribution in [0.2, 0.25) is 0 Å². The van der Waals surface area contributed by atoms with Crippen LogP contribution in [0, 0.1) is 0 Å². The molecule has 114 valence electrons. The van der Waals surface area contributed by atoms with E-state index in [9.17, 15) is 0 Å². The molecule has 0 unspecified atom stereocenters. The van der Waals surface area contributed by atoms with Crippen molar-refractivity contribution in [3.63, 3.8) is 0 Å². The van der Waals surface area contributed by atoms with E-state index in [0.717, 1.165) is 0 Å². The van der Waals surface area contributed by atoms with E-state index in [0.29, 0.717) is 0 Å². The Hall–Kier alpha value is -3.06. The summed E-state index contributed by atoms with van der Waals surface area (Å²) in [6.45, 7) is 6.11. The molecule has 2 heterocycles. The summed E-state index contributed by atoms with van der Waals surface area (Å²) in [5, 5.41) is 6.54. The molecule has 24 heavy (non-hydrogen) atoms. The van der Waals surface area contributed by atoms with E-state index in [1.807, 2.05) is 6.08 Å². The van der Waals surface area contributed by atoms with Crippen molar-refractivity contribution < 1.29 is 0 Å². The van der Waals surface area contributed by atoms with Crippen LogP contribution in [-0.4, -0.2) is 4.40 Å². The van der Waals surface area contributed by atoms with Gasteiger partial charge in [0.15, 0.2) is 0 Å². The molecule has 0 fully saturated rings. The van der Waals surface area contributed by atoms with Crippen LogP contribution in [0.15, 0.2) is 67.3 Å². The smallest absolute Gasteiger partial charge is 0.0620 e. The monoisotopic (exact) mass is 307 g/mol. The van der Waals surface area contributed by atoms with Crippen molar-refractivity contribution in [2.24, 2.45) is 0 Å². The Labute approximate surface area is 140 Å². The maximum Gasteiger partial charge on any atom is 0.0620 e. The summed E-state index contributed by atoms with van der Waals surface area (Å²) >= 11 is 0. The first kappa shape index (κ1) is 13.4. The van der Waals surface area contributed by atoms with Crippen molar-refractivity contribution in [3.8, 4) is 0 Å². The molecule has 5 rings (SSSR count). The highest BCUT2D eigenvalue weighted by atomic mass is 14.9. The van der Waals surface area contributed by atoms with Gasteiger partial charge in [-0.05, 0) is 29.8 Å². The SMILES string of the molecule is C=Cc1c(/C=C\C)n2c3ccc4ccccc4c3c3cccc1c32. The largest absolute Gasteiger partial charge is 0.308 e.